The highest BCUT2D eigenvalue weighted by Gasteiger charge is 2.29. The second-order valence-corrected chi connectivity index (χ2v) is 8.39. The topological polar surface area (TPSA) is 62.8 Å². The number of methoxy groups -OCH3 is 2. The summed E-state index contributed by atoms with van der Waals surface area (Å²) in [5.74, 6) is 1.09. The van der Waals surface area contributed by atoms with Crippen molar-refractivity contribution in [3.05, 3.63) is 53.2 Å². The molecule has 6 nitrogen and oxygen atoms in total. The van der Waals surface area contributed by atoms with Gasteiger partial charge in [0.15, 0.2) is 11.5 Å². The van der Waals surface area contributed by atoms with E-state index in [0.717, 1.165) is 35.6 Å². The molecule has 2 N–H and O–H groups in total. The van der Waals surface area contributed by atoms with E-state index in [-0.39, 0.29) is 5.91 Å². The third-order valence-electron chi connectivity index (χ3n) is 6.34. The van der Waals surface area contributed by atoms with Crippen LogP contribution in [0.2, 0.25) is 0 Å². The van der Waals surface area contributed by atoms with Crippen molar-refractivity contribution in [1.82, 2.24) is 4.90 Å². The zero-order chi connectivity index (χ0) is 22.5. The lowest BCUT2D eigenvalue weighted by Gasteiger charge is -2.26. The zero-order valence-electron chi connectivity index (χ0n) is 19.3. The lowest BCUT2D eigenvalue weighted by Crippen LogP contribution is -2.31. The van der Waals surface area contributed by atoms with Crippen LogP contribution in [0.25, 0.3) is 5.57 Å². The monoisotopic (exact) mass is 435 g/mol. The summed E-state index contributed by atoms with van der Waals surface area (Å²) in [7, 11) is 3.19. The highest BCUT2D eigenvalue weighted by atomic mass is 16.5. The van der Waals surface area contributed by atoms with Crippen LogP contribution in [-0.2, 0) is 11.2 Å². The Morgan fingerprint density at radius 3 is 2.38 bits per heavy atom. The van der Waals surface area contributed by atoms with Crippen LogP contribution >= 0.6 is 0 Å². The van der Waals surface area contributed by atoms with E-state index in [1.54, 1.807) is 14.2 Å². The fourth-order valence-corrected chi connectivity index (χ4v) is 4.52. The van der Waals surface area contributed by atoms with Gasteiger partial charge in [-0.15, -0.1) is 0 Å². The molecule has 6 heteroatoms. The third kappa shape index (κ3) is 4.75. The molecular weight excluding hydrogens is 402 g/mol. The number of fused-ring (bicyclic) bond motifs is 1. The first-order chi connectivity index (χ1) is 15.6. The molecule has 0 spiro atoms. The first-order valence-electron chi connectivity index (χ1n) is 11.5. The van der Waals surface area contributed by atoms with Gasteiger partial charge in [0.1, 0.15) is 0 Å². The molecule has 0 saturated carbocycles. The molecule has 170 valence electrons. The van der Waals surface area contributed by atoms with E-state index in [0.29, 0.717) is 23.5 Å². The van der Waals surface area contributed by atoms with Crippen LogP contribution in [0.15, 0.2) is 42.1 Å². The first-order valence-corrected chi connectivity index (χ1v) is 11.5. The number of hydrogen-bond donors (Lipinski definition) is 2. The molecule has 2 aliphatic rings. The molecule has 2 aromatic rings. The Labute approximate surface area is 190 Å². The van der Waals surface area contributed by atoms with E-state index < -0.39 is 0 Å². The molecule has 0 bridgehead atoms. The van der Waals surface area contributed by atoms with E-state index in [1.807, 2.05) is 19.1 Å². The maximum Gasteiger partial charge on any atom is 0.258 e. The van der Waals surface area contributed by atoms with Crippen molar-refractivity contribution in [2.45, 2.75) is 39.0 Å². The smallest absolute Gasteiger partial charge is 0.258 e. The standard InChI is InChI=1S/C26H33N3O3/c1-4-21(25-20-16-23(31-2)24(32-3)17-22(20)28-26(25)30)27-19-10-8-18(9-11-19)12-15-29-13-6-5-7-14-29/h8-11,16-17,27H,4-7,12-15H2,1-3H3,(H,28,30)/b25-21-. The molecule has 0 atom stereocenters. The molecule has 1 fully saturated rings. The average molecular weight is 436 g/mol. The SMILES string of the molecule is CC/C(Nc1ccc(CCN2CCCCC2)cc1)=C1/C(=O)Nc2cc(OC)c(OC)cc21. The normalized spacial score (nSPS) is 17.5. The number of amides is 1. The lowest BCUT2D eigenvalue weighted by atomic mass is 10.0. The number of ether oxygens (including phenoxy) is 2. The number of carbonyl (C=O) groups is 1. The third-order valence-corrected chi connectivity index (χ3v) is 6.34. The van der Waals surface area contributed by atoms with Gasteiger partial charge in [0, 0.05) is 29.6 Å². The van der Waals surface area contributed by atoms with Crippen molar-refractivity contribution in [2.24, 2.45) is 0 Å². The molecule has 2 aliphatic heterocycles. The van der Waals surface area contributed by atoms with Crippen LogP contribution in [0, 0.1) is 0 Å². The van der Waals surface area contributed by atoms with E-state index in [1.165, 1.54) is 37.9 Å². The summed E-state index contributed by atoms with van der Waals surface area (Å²) in [6, 6.07) is 12.2. The minimum atomic E-state index is -0.113. The highest BCUT2D eigenvalue weighted by Crippen LogP contribution is 2.42. The van der Waals surface area contributed by atoms with Crippen LogP contribution in [0.5, 0.6) is 11.5 Å². The fourth-order valence-electron chi connectivity index (χ4n) is 4.52. The summed E-state index contributed by atoms with van der Waals surface area (Å²) in [6.45, 7) is 5.63. The number of hydrogen-bond acceptors (Lipinski definition) is 5. The molecule has 0 radical (unpaired) electrons. The minimum Gasteiger partial charge on any atom is -0.493 e. The predicted octanol–water partition coefficient (Wildman–Crippen LogP) is 4.92. The van der Waals surface area contributed by atoms with Gasteiger partial charge in [0.25, 0.3) is 5.91 Å². The van der Waals surface area contributed by atoms with E-state index in [9.17, 15) is 4.79 Å². The molecule has 2 aromatic carbocycles. The molecule has 32 heavy (non-hydrogen) atoms. The molecular formula is C26H33N3O3. The number of nitrogens with one attached hydrogen (secondary N) is 2. The van der Waals surface area contributed by atoms with Gasteiger partial charge < -0.3 is 25.0 Å². The van der Waals surface area contributed by atoms with Crippen molar-refractivity contribution in [2.75, 3.05) is 44.5 Å². The van der Waals surface area contributed by atoms with Crippen LogP contribution in [0.1, 0.15) is 43.7 Å². The van der Waals surface area contributed by atoms with Gasteiger partial charge in [-0.05, 0) is 62.5 Å². The highest BCUT2D eigenvalue weighted by molar-refractivity contribution is 6.32. The van der Waals surface area contributed by atoms with E-state index in [2.05, 4.69) is 39.8 Å². The second-order valence-electron chi connectivity index (χ2n) is 8.39. The van der Waals surface area contributed by atoms with Crippen molar-refractivity contribution >= 4 is 22.9 Å². The zero-order valence-corrected chi connectivity index (χ0v) is 19.3. The summed E-state index contributed by atoms with van der Waals surface area (Å²) in [6.07, 6.45) is 5.79. The maximum absolute atomic E-state index is 12.8. The summed E-state index contributed by atoms with van der Waals surface area (Å²) in [5.41, 5.74) is 5.43. The summed E-state index contributed by atoms with van der Waals surface area (Å²) in [5, 5.41) is 6.43. The molecule has 0 aromatic heterocycles. The number of nitrogens with zero attached hydrogens (tertiary/aromatic N) is 1. The lowest BCUT2D eigenvalue weighted by molar-refractivity contribution is -0.110. The van der Waals surface area contributed by atoms with E-state index >= 15 is 0 Å². The first kappa shape index (κ1) is 22.2. The van der Waals surface area contributed by atoms with Crippen LogP contribution < -0.4 is 20.1 Å². The Hall–Kier alpha value is -2.99. The average Bonchev–Trinajstić information content (AvgIpc) is 3.16. The van der Waals surface area contributed by atoms with Crippen LogP contribution in [0.4, 0.5) is 11.4 Å². The van der Waals surface area contributed by atoms with Gasteiger partial charge in [-0.3, -0.25) is 4.79 Å². The molecule has 4 rings (SSSR count). The Bertz CT molecular complexity index is 992. The fraction of sp³-hybridized carbons (Fsp3) is 0.423. The number of allylic oxidation sites excluding steroid dienone is 1. The number of anilines is 2. The Morgan fingerprint density at radius 1 is 1.03 bits per heavy atom. The maximum atomic E-state index is 12.8. The Balaban J connectivity index is 1.51. The predicted molar refractivity (Wildman–Crippen MR) is 129 cm³/mol. The Morgan fingerprint density at radius 2 is 1.72 bits per heavy atom. The van der Waals surface area contributed by atoms with Crippen LogP contribution in [0.3, 0.4) is 0 Å². The second kappa shape index (κ2) is 10.1. The van der Waals surface area contributed by atoms with Crippen molar-refractivity contribution in [3.8, 4) is 11.5 Å². The van der Waals surface area contributed by atoms with E-state index in [4.69, 9.17) is 9.47 Å². The van der Waals surface area contributed by atoms with Crippen molar-refractivity contribution in [3.63, 3.8) is 0 Å². The van der Waals surface area contributed by atoms with Gasteiger partial charge in [0.2, 0.25) is 0 Å². The van der Waals surface area contributed by atoms with Gasteiger partial charge >= 0.3 is 0 Å². The van der Waals surface area contributed by atoms with Crippen molar-refractivity contribution < 1.29 is 14.3 Å². The van der Waals surface area contributed by atoms with Gasteiger partial charge in [-0.25, -0.2) is 0 Å². The van der Waals surface area contributed by atoms with Crippen LogP contribution in [-0.4, -0.2) is 44.7 Å². The molecule has 1 saturated heterocycles. The summed E-state index contributed by atoms with van der Waals surface area (Å²) in [4.78, 5) is 15.4. The number of carbonyl (C=O) groups excluding carboxylic acids is 1. The van der Waals surface area contributed by atoms with Gasteiger partial charge in [-0.1, -0.05) is 25.5 Å². The summed E-state index contributed by atoms with van der Waals surface area (Å²) < 4.78 is 10.8. The largest absolute Gasteiger partial charge is 0.493 e. The number of benzene rings is 2. The number of rotatable bonds is 8. The Kier molecular flexibility index (Phi) is 7.00. The number of piperidine rings is 1. The quantitative estimate of drug-likeness (QED) is 0.577. The summed E-state index contributed by atoms with van der Waals surface area (Å²) >= 11 is 0. The molecule has 2 heterocycles. The van der Waals surface area contributed by atoms with Gasteiger partial charge in [-0.2, -0.15) is 0 Å². The number of likely N-dealkylation sites (tertiary alicyclic amines) is 1. The van der Waals surface area contributed by atoms with Gasteiger partial charge in [0.05, 0.1) is 25.5 Å². The van der Waals surface area contributed by atoms with Crippen molar-refractivity contribution in [1.29, 1.82) is 0 Å². The minimum absolute atomic E-state index is 0.113. The molecule has 0 aliphatic carbocycles. The molecule has 1 amide bonds. The molecule has 0 unspecified atom stereocenters.